The van der Waals surface area contributed by atoms with Crippen molar-refractivity contribution < 1.29 is 17.9 Å². The highest BCUT2D eigenvalue weighted by Crippen LogP contribution is 2.57. The number of anilines is 1. The highest BCUT2D eigenvalue weighted by atomic mass is 19.4. The molecule has 0 amide bonds. The summed E-state index contributed by atoms with van der Waals surface area (Å²) in [6.45, 7) is 7.98. The molecule has 2 aliphatic heterocycles. The molecule has 2 saturated heterocycles. The molecule has 2 aromatic heterocycles. The summed E-state index contributed by atoms with van der Waals surface area (Å²) in [7, 11) is 0. The van der Waals surface area contributed by atoms with Gasteiger partial charge in [0.25, 0.3) is 0 Å². The molecule has 1 aliphatic carbocycles. The van der Waals surface area contributed by atoms with Crippen molar-refractivity contribution in [3.63, 3.8) is 0 Å². The summed E-state index contributed by atoms with van der Waals surface area (Å²) in [4.78, 5) is 11.1. The molecule has 3 fully saturated rings. The zero-order chi connectivity index (χ0) is 21.9. The van der Waals surface area contributed by atoms with Crippen LogP contribution in [0.1, 0.15) is 50.0 Å². The second-order valence-corrected chi connectivity index (χ2v) is 9.32. The Kier molecular flexibility index (Phi) is 5.01. The number of piperidine rings is 1. The van der Waals surface area contributed by atoms with Crippen molar-refractivity contribution in [1.82, 2.24) is 19.4 Å². The van der Waals surface area contributed by atoms with E-state index < -0.39 is 17.6 Å². The fraction of sp³-hybridized carbons (Fsp3) is 0.636. The Hall–Kier alpha value is -2.13. The predicted molar refractivity (Wildman–Crippen MR) is 110 cm³/mol. The van der Waals surface area contributed by atoms with Crippen LogP contribution in [0.25, 0.3) is 11.3 Å². The van der Waals surface area contributed by atoms with Gasteiger partial charge in [-0.05, 0) is 30.7 Å². The molecular formula is C22H28F3N5O. The Morgan fingerprint density at radius 2 is 1.84 bits per heavy atom. The maximum absolute atomic E-state index is 13.3. The van der Waals surface area contributed by atoms with Crippen LogP contribution in [-0.2, 0) is 10.9 Å². The third-order valence-electron chi connectivity index (χ3n) is 7.00. The molecule has 5 rings (SSSR count). The van der Waals surface area contributed by atoms with Crippen LogP contribution in [0.2, 0.25) is 0 Å². The zero-order valence-corrected chi connectivity index (χ0v) is 17.8. The van der Waals surface area contributed by atoms with Gasteiger partial charge >= 0.3 is 6.18 Å². The van der Waals surface area contributed by atoms with Crippen LogP contribution in [-0.4, -0.2) is 51.8 Å². The van der Waals surface area contributed by atoms with Crippen molar-refractivity contribution in [2.75, 3.05) is 32.0 Å². The molecule has 3 atom stereocenters. The van der Waals surface area contributed by atoms with Crippen LogP contribution in [0.3, 0.4) is 0 Å². The lowest BCUT2D eigenvalue weighted by atomic mass is 10.1. The molecule has 0 spiro atoms. The van der Waals surface area contributed by atoms with Gasteiger partial charge < -0.3 is 15.0 Å². The van der Waals surface area contributed by atoms with Gasteiger partial charge in [0.1, 0.15) is 11.6 Å². The van der Waals surface area contributed by atoms with Gasteiger partial charge in [0.05, 0.1) is 11.3 Å². The van der Waals surface area contributed by atoms with E-state index in [9.17, 15) is 13.2 Å². The molecular weight excluding hydrogens is 407 g/mol. The van der Waals surface area contributed by atoms with E-state index in [0.29, 0.717) is 35.2 Å². The summed E-state index contributed by atoms with van der Waals surface area (Å²) in [6, 6.07) is 2.05. The molecule has 9 heteroatoms. The van der Waals surface area contributed by atoms with Gasteiger partial charge in [0, 0.05) is 62.3 Å². The van der Waals surface area contributed by atoms with Crippen LogP contribution >= 0.6 is 0 Å². The van der Waals surface area contributed by atoms with Gasteiger partial charge in [-0.1, -0.05) is 13.8 Å². The minimum Gasteiger partial charge on any atom is -0.383 e. The first kappa shape index (κ1) is 20.8. The normalized spacial score (nSPS) is 27.1. The molecule has 0 radical (unpaired) electrons. The number of fused-ring (bicyclic) bond motifs is 1. The summed E-state index contributed by atoms with van der Waals surface area (Å²) in [6.07, 6.45) is 0.939. The Bertz CT molecular complexity index is 955. The summed E-state index contributed by atoms with van der Waals surface area (Å²) in [5.41, 5.74) is 5.41. The van der Waals surface area contributed by atoms with Gasteiger partial charge in [-0.25, -0.2) is 9.97 Å². The average Bonchev–Trinajstić information content (AvgIpc) is 3.09. The van der Waals surface area contributed by atoms with Crippen LogP contribution in [0.5, 0.6) is 0 Å². The molecule has 4 heterocycles. The molecule has 1 saturated carbocycles. The lowest BCUT2D eigenvalue weighted by Crippen LogP contribution is -2.39. The number of halogens is 3. The lowest BCUT2D eigenvalue weighted by molar-refractivity contribution is -0.137. The van der Waals surface area contributed by atoms with Crippen LogP contribution in [0, 0.1) is 11.8 Å². The molecule has 0 bridgehead atoms. The number of imidazole rings is 1. The number of nitrogens with two attached hydrogens (primary N) is 1. The third kappa shape index (κ3) is 3.71. The number of hydrogen-bond acceptors (Lipinski definition) is 5. The van der Waals surface area contributed by atoms with Crippen molar-refractivity contribution in [3.05, 3.63) is 29.8 Å². The molecule has 168 valence electrons. The van der Waals surface area contributed by atoms with Crippen LogP contribution < -0.4 is 5.73 Å². The monoisotopic (exact) mass is 435 g/mol. The number of likely N-dealkylation sites (tertiary alicyclic amines) is 1. The second kappa shape index (κ2) is 7.48. The fourth-order valence-corrected chi connectivity index (χ4v) is 5.34. The largest absolute Gasteiger partial charge is 0.419 e. The van der Waals surface area contributed by atoms with Gasteiger partial charge in [0.15, 0.2) is 0 Å². The van der Waals surface area contributed by atoms with Crippen molar-refractivity contribution >= 4 is 5.82 Å². The summed E-state index contributed by atoms with van der Waals surface area (Å²) in [5.74, 6) is 1.74. The third-order valence-corrected chi connectivity index (χ3v) is 7.00. The number of rotatable bonds is 4. The summed E-state index contributed by atoms with van der Waals surface area (Å²) in [5, 5.41) is 0. The topological polar surface area (TPSA) is 69.2 Å². The van der Waals surface area contributed by atoms with E-state index in [1.54, 1.807) is 0 Å². The SMILES string of the molecule is CC(C)c1nc(-c2cnc(N)c(C(F)(F)F)c2)cn1C1[C@H]2CN(C3CCOCC3)C[C@@H]12. The van der Waals surface area contributed by atoms with Crippen molar-refractivity contribution in [1.29, 1.82) is 0 Å². The maximum atomic E-state index is 13.3. The van der Waals surface area contributed by atoms with Crippen molar-refractivity contribution in [2.45, 2.75) is 50.9 Å². The lowest BCUT2D eigenvalue weighted by Gasteiger charge is -2.32. The Labute approximate surface area is 179 Å². The highest BCUT2D eigenvalue weighted by Gasteiger charge is 2.58. The molecule has 0 aromatic carbocycles. The van der Waals surface area contributed by atoms with E-state index in [2.05, 4.69) is 28.3 Å². The minimum atomic E-state index is -4.54. The number of nitrogens with zero attached hydrogens (tertiary/aromatic N) is 4. The van der Waals surface area contributed by atoms with E-state index in [1.807, 2.05) is 6.20 Å². The number of alkyl halides is 3. The average molecular weight is 435 g/mol. The highest BCUT2D eigenvalue weighted by molar-refractivity contribution is 5.62. The van der Waals surface area contributed by atoms with E-state index in [0.717, 1.165) is 51.0 Å². The zero-order valence-electron chi connectivity index (χ0n) is 17.8. The van der Waals surface area contributed by atoms with Gasteiger partial charge in [-0.2, -0.15) is 13.2 Å². The predicted octanol–water partition coefficient (Wildman–Crippen LogP) is 3.95. The Balaban J connectivity index is 1.39. The summed E-state index contributed by atoms with van der Waals surface area (Å²) >= 11 is 0. The molecule has 3 aliphatic rings. The van der Waals surface area contributed by atoms with Crippen LogP contribution in [0.15, 0.2) is 18.5 Å². The summed E-state index contributed by atoms with van der Waals surface area (Å²) < 4.78 is 47.5. The molecule has 2 aromatic rings. The maximum Gasteiger partial charge on any atom is 0.419 e. The molecule has 1 unspecified atom stereocenters. The molecule has 6 nitrogen and oxygen atoms in total. The van der Waals surface area contributed by atoms with E-state index in [4.69, 9.17) is 15.5 Å². The first-order valence-electron chi connectivity index (χ1n) is 11.0. The second-order valence-electron chi connectivity index (χ2n) is 9.32. The first-order chi connectivity index (χ1) is 14.7. The smallest absolute Gasteiger partial charge is 0.383 e. The van der Waals surface area contributed by atoms with E-state index >= 15 is 0 Å². The van der Waals surface area contributed by atoms with Crippen molar-refractivity contribution in [3.8, 4) is 11.3 Å². The Morgan fingerprint density at radius 3 is 2.45 bits per heavy atom. The van der Waals surface area contributed by atoms with Gasteiger partial charge in [-0.3, -0.25) is 4.90 Å². The van der Waals surface area contributed by atoms with E-state index in [1.165, 1.54) is 6.20 Å². The molecule has 2 N–H and O–H groups in total. The Morgan fingerprint density at radius 1 is 1.16 bits per heavy atom. The quantitative estimate of drug-likeness (QED) is 0.788. The van der Waals surface area contributed by atoms with Gasteiger partial charge in [-0.15, -0.1) is 0 Å². The fourth-order valence-electron chi connectivity index (χ4n) is 5.34. The number of ether oxygens (including phenoxy) is 1. The standard InChI is InChI=1S/C22H28F3N5O/c1-12(2)21-28-18(13-7-17(22(23,24)25)20(26)27-8-13)11-30(21)19-15-9-29(10-16(15)19)14-3-5-31-6-4-14/h7-8,11-12,14-16,19H,3-6,9-10H2,1-2H3,(H2,26,27)/t15-,16+,19?. The minimum absolute atomic E-state index is 0.172. The first-order valence-corrected chi connectivity index (χ1v) is 11.0. The molecule has 31 heavy (non-hydrogen) atoms. The number of aromatic nitrogens is 3. The number of hydrogen-bond donors (Lipinski definition) is 1. The number of pyridine rings is 1. The number of nitrogen functional groups attached to an aromatic ring is 1. The van der Waals surface area contributed by atoms with Crippen molar-refractivity contribution in [2.24, 2.45) is 11.8 Å². The van der Waals surface area contributed by atoms with Gasteiger partial charge in [0.2, 0.25) is 0 Å². The van der Waals surface area contributed by atoms with Crippen LogP contribution in [0.4, 0.5) is 19.0 Å². The van der Waals surface area contributed by atoms with E-state index in [-0.39, 0.29) is 5.92 Å².